The Morgan fingerprint density at radius 1 is 0.926 bits per heavy atom. The third-order valence-corrected chi connectivity index (χ3v) is 4.94. The van der Waals surface area contributed by atoms with Crippen LogP contribution in [0.2, 0.25) is 0 Å². The summed E-state index contributed by atoms with van der Waals surface area (Å²) in [4.78, 5) is 38.5. The molecular formula is C22H17NO4. The van der Waals surface area contributed by atoms with Gasteiger partial charge < -0.3 is 5.11 Å². The number of benzene rings is 3. The topological polar surface area (TPSA) is 74.7 Å². The molecule has 0 aromatic heterocycles. The molecule has 1 aliphatic rings. The van der Waals surface area contributed by atoms with Crippen LogP contribution in [0.25, 0.3) is 10.8 Å². The molecule has 0 aliphatic carbocycles. The highest BCUT2D eigenvalue weighted by Gasteiger charge is 2.40. The number of carbonyl (C=O) groups is 3. The highest BCUT2D eigenvalue weighted by molar-refractivity contribution is 6.22. The first kappa shape index (κ1) is 17.0. The van der Waals surface area contributed by atoms with Gasteiger partial charge in [0.05, 0.1) is 5.69 Å². The Bertz CT molecular complexity index is 1070. The Kier molecular flexibility index (Phi) is 4.20. The zero-order valence-corrected chi connectivity index (χ0v) is 14.5. The first-order valence-corrected chi connectivity index (χ1v) is 8.69. The van der Waals surface area contributed by atoms with E-state index in [-0.39, 0.29) is 12.2 Å². The summed E-state index contributed by atoms with van der Waals surface area (Å²) in [5, 5.41) is 11.2. The number of ketones is 1. The molecule has 0 saturated carbocycles. The number of Topliss-reactive ketones (excluding diaryl/α,β-unsaturated/α-hetero) is 1. The maximum Gasteiger partial charge on any atom is 0.323 e. The molecule has 4 rings (SSSR count). The molecule has 1 unspecified atom stereocenters. The number of rotatable bonds is 4. The van der Waals surface area contributed by atoms with Gasteiger partial charge in [0.2, 0.25) is 5.91 Å². The monoisotopic (exact) mass is 359 g/mol. The van der Waals surface area contributed by atoms with Crippen LogP contribution in [-0.4, -0.2) is 29.3 Å². The van der Waals surface area contributed by atoms with Gasteiger partial charge >= 0.3 is 5.97 Å². The van der Waals surface area contributed by atoms with Crippen molar-refractivity contribution in [2.75, 3.05) is 11.4 Å². The number of amides is 1. The smallest absolute Gasteiger partial charge is 0.323 e. The van der Waals surface area contributed by atoms with Crippen molar-refractivity contribution in [2.24, 2.45) is 5.92 Å². The minimum absolute atomic E-state index is 0.240. The van der Waals surface area contributed by atoms with E-state index in [0.29, 0.717) is 11.3 Å². The van der Waals surface area contributed by atoms with Gasteiger partial charge in [-0.3, -0.25) is 19.3 Å². The van der Waals surface area contributed by atoms with Crippen LogP contribution in [0, 0.1) is 5.92 Å². The number of para-hydroxylation sites is 1. The Morgan fingerprint density at radius 3 is 2.44 bits per heavy atom. The third-order valence-electron chi connectivity index (χ3n) is 4.94. The van der Waals surface area contributed by atoms with Gasteiger partial charge in [-0.2, -0.15) is 0 Å². The second kappa shape index (κ2) is 6.68. The average molecular weight is 359 g/mol. The predicted molar refractivity (Wildman–Crippen MR) is 102 cm³/mol. The van der Waals surface area contributed by atoms with E-state index < -0.39 is 24.3 Å². The number of carboxylic acid groups (broad SMARTS) is 1. The lowest BCUT2D eigenvalue weighted by molar-refractivity contribution is -0.137. The van der Waals surface area contributed by atoms with Crippen LogP contribution in [0.4, 0.5) is 5.69 Å². The van der Waals surface area contributed by atoms with Gasteiger partial charge in [0.1, 0.15) is 12.5 Å². The second-order valence-corrected chi connectivity index (χ2v) is 6.59. The lowest BCUT2D eigenvalue weighted by Gasteiger charge is -2.32. The molecule has 5 nitrogen and oxygen atoms in total. The van der Waals surface area contributed by atoms with Crippen molar-refractivity contribution in [1.82, 2.24) is 0 Å². The average Bonchev–Trinajstić information content (AvgIpc) is 2.68. The van der Waals surface area contributed by atoms with Crippen LogP contribution in [0.3, 0.4) is 0 Å². The Labute approximate surface area is 155 Å². The van der Waals surface area contributed by atoms with E-state index in [1.54, 1.807) is 24.3 Å². The van der Waals surface area contributed by atoms with E-state index in [1.165, 1.54) is 4.90 Å². The summed E-state index contributed by atoms with van der Waals surface area (Å²) >= 11 is 0. The number of hydrogen-bond acceptors (Lipinski definition) is 3. The molecular weight excluding hydrogens is 342 g/mol. The molecule has 1 heterocycles. The first-order valence-electron chi connectivity index (χ1n) is 8.69. The van der Waals surface area contributed by atoms with E-state index in [1.807, 2.05) is 42.5 Å². The van der Waals surface area contributed by atoms with Crippen LogP contribution >= 0.6 is 0 Å². The normalized spacial score (nSPS) is 16.4. The van der Waals surface area contributed by atoms with E-state index in [4.69, 9.17) is 0 Å². The third kappa shape index (κ3) is 2.97. The van der Waals surface area contributed by atoms with E-state index in [9.17, 15) is 19.5 Å². The number of carboxylic acids is 1. The van der Waals surface area contributed by atoms with Gasteiger partial charge in [0, 0.05) is 5.56 Å². The number of aliphatic carboxylic acids is 1. The van der Waals surface area contributed by atoms with Crippen molar-refractivity contribution in [1.29, 1.82) is 0 Å². The molecule has 5 heteroatoms. The number of nitrogens with zero attached hydrogens (tertiary/aromatic N) is 1. The van der Waals surface area contributed by atoms with E-state index >= 15 is 0 Å². The van der Waals surface area contributed by atoms with Crippen LogP contribution in [0.15, 0.2) is 66.7 Å². The number of hydrogen-bond donors (Lipinski definition) is 1. The molecule has 134 valence electrons. The Hall–Kier alpha value is -3.47. The van der Waals surface area contributed by atoms with Crippen LogP contribution in [0.1, 0.15) is 15.9 Å². The molecule has 1 aliphatic heterocycles. The summed E-state index contributed by atoms with van der Waals surface area (Å²) in [6.45, 7) is -0.463. The molecule has 27 heavy (non-hydrogen) atoms. The van der Waals surface area contributed by atoms with Gasteiger partial charge in [-0.05, 0) is 34.9 Å². The SMILES string of the molecule is O=C(O)CN1C(=O)C(Cc2cccc3ccccc23)C(=O)c2ccccc21. The molecule has 0 bridgehead atoms. The summed E-state index contributed by atoms with van der Waals surface area (Å²) < 4.78 is 0. The number of anilines is 1. The summed E-state index contributed by atoms with van der Waals surface area (Å²) in [6.07, 6.45) is 0.240. The summed E-state index contributed by atoms with van der Waals surface area (Å²) in [5.41, 5.74) is 1.65. The fourth-order valence-electron chi connectivity index (χ4n) is 3.69. The maximum atomic E-state index is 13.0. The first-order chi connectivity index (χ1) is 13.1. The van der Waals surface area contributed by atoms with Gasteiger partial charge in [-0.1, -0.05) is 54.6 Å². The fraction of sp³-hybridized carbons (Fsp3) is 0.136. The Morgan fingerprint density at radius 2 is 1.63 bits per heavy atom. The van der Waals surface area contributed by atoms with Crippen molar-refractivity contribution >= 4 is 34.1 Å². The van der Waals surface area contributed by atoms with Gasteiger partial charge in [0.25, 0.3) is 0 Å². The van der Waals surface area contributed by atoms with Crippen molar-refractivity contribution < 1.29 is 19.5 Å². The highest BCUT2D eigenvalue weighted by atomic mass is 16.4. The standard InChI is InChI=1S/C22H17NO4/c24-20(25)13-23-19-11-4-3-10-17(19)21(26)18(22(23)27)12-15-8-5-7-14-6-1-2-9-16(14)15/h1-11,18H,12-13H2,(H,24,25). The van der Waals surface area contributed by atoms with E-state index in [0.717, 1.165) is 16.3 Å². The van der Waals surface area contributed by atoms with E-state index in [2.05, 4.69) is 0 Å². The zero-order valence-electron chi connectivity index (χ0n) is 14.5. The number of carbonyl (C=O) groups excluding carboxylic acids is 2. The van der Waals surface area contributed by atoms with Crippen LogP contribution in [0.5, 0.6) is 0 Å². The Balaban J connectivity index is 1.77. The second-order valence-electron chi connectivity index (χ2n) is 6.59. The highest BCUT2D eigenvalue weighted by Crippen LogP contribution is 2.33. The molecule has 0 radical (unpaired) electrons. The van der Waals surface area contributed by atoms with Crippen molar-refractivity contribution in [3.8, 4) is 0 Å². The van der Waals surface area contributed by atoms with Gasteiger partial charge in [-0.15, -0.1) is 0 Å². The van der Waals surface area contributed by atoms with Gasteiger partial charge in [0.15, 0.2) is 5.78 Å². The molecule has 0 fully saturated rings. The molecule has 3 aromatic carbocycles. The zero-order chi connectivity index (χ0) is 19.0. The molecule has 1 atom stereocenters. The predicted octanol–water partition coefficient (Wildman–Crippen LogP) is 3.31. The largest absolute Gasteiger partial charge is 0.480 e. The quantitative estimate of drug-likeness (QED) is 0.725. The summed E-state index contributed by atoms with van der Waals surface area (Å²) in [6, 6.07) is 20.3. The minimum atomic E-state index is -1.11. The molecule has 0 saturated heterocycles. The lowest BCUT2D eigenvalue weighted by atomic mass is 9.84. The molecule has 1 amide bonds. The maximum absolute atomic E-state index is 13.0. The number of fused-ring (bicyclic) bond motifs is 2. The van der Waals surface area contributed by atoms with Crippen LogP contribution < -0.4 is 4.90 Å². The lowest BCUT2D eigenvalue weighted by Crippen LogP contribution is -2.47. The minimum Gasteiger partial charge on any atom is -0.480 e. The van der Waals surface area contributed by atoms with Crippen molar-refractivity contribution in [2.45, 2.75) is 6.42 Å². The van der Waals surface area contributed by atoms with Crippen molar-refractivity contribution in [3.63, 3.8) is 0 Å². The summed E-state index contributed by atoms with van der Waals surface area (Å²) in [7, 11) is 0. The van der Waals surface area contributed by atoms with Gasteiger partial charge in [-0.25, -0.2) is 0 Å². The van der Waals surface area contributed by atoms with Crippen LogP contribution in [-0.2, 0) is 16.0 Å². The summed E-state index contributed by atoms with van der Waals surface area (Å²) in [5.74, 6) is -2.76. The van der Waals surface area contributed by atoms with Crippen molar-refractivity contribution in [3.05, 3.63) is 77.9 Å². The molecule has 1 N–H and O–H groups in total. The molecule has 0 spiro atoms. The molecule has 3 aromatic rings. The fourth-order valence-corrected chi connectivity index (χ4v) is 3.69.